The molecule has 3 amide bonds. The van der Waals surface area contributed by atoms with Gasteiger partial charge in [-0.2, -0.15) is 5.10 Å². The number of hydrogen-bond donors (Lipinski definition) is 2. The number of imide groups is 1. The largest absolute Gasteiger partial charge is 0.478 e. The number of nitrogens with zero attached hydrogens (tertiary/aromatic N) is 3. The van der Waals surface area contributed by atoms with E-state index >= 15 is 0 Å². The van der Waals surface area contributed by atoms with Gasteiger partial charge in [0.15, 0.2) is 0 Å². The maximum atomic E-state index is 12.7. The Balaban J connectivity index is 1.83. The van der Waals surface area contributed by atoms with E-state index in [1.807, 2.05) is 0 Å². The first-order chi connectivity index (χ1) is 11.3. The fourth-order valence-corrected chi connectivity index (χ4v) is 2.65. The lowest BCUT2D eigenvalue weighted by molar-refractivity contribution is -0.131. The second-order valence-electron chi connectivity index (χ2n) is 5.85. The van der Waals surface area contributed by atoms with Gasteiger partial charge in [0.1, 0.15) is 5.54 Å². The summed E-state index contributed by atoms with van der Waals surface area (Å²) in [6, 6.07) is 5.56. The monoisotopic (exact) mass is 328 g/mol. The Bertz CT molecular complexity index is 827. The van der Waals surface area contributed by atoms with Crippen molar-refractivity contribution in [3.05, 3.63) is 53.3 Å². The number of carboxylic acids is 1. The molecule has 1 saturated heterocycles. The predicted octanol–water partition coefficient (Wildman–Crippen LogP) is 1.09. The highest BCUT2D eigenvalue weighted by molar-refractivity contribution is 6.07. The normalized spacial score (nSPS) is 20.3. The van der Waals surface area contributed by atoms with Crippen molar-refractivity contribution in [2.45, 2.75) is 19.0 Å². The second kappa shape index (κ2) is 5.48. The van der Waals surface area contributed by atoms with Gasteiger partial charge in [-0.05, 0) is 24.6 Å². The Kier molecular flexibility index (Phi) is 3.59. The first-order valence-corrected chi connectivity index (χ1v) is 7.27. The Morgan fingerprint density at radius 2 is 1.96 bits per heavy atom. The van der Waals surface area contributed by atoms with Crippen molar-refractivity contribution in [3.8, 4) is 0 Å². The fraction of sp³-hybridized carbons (Fsp3) is 0.250. The van der Waals surface area contributed by atoms with Crippen LogP contribution in [0.4, 0.5) is 4.79 Å². The molecule has 0 aliphatic carbocycles. The first-order valence-electron chi connectivity index (χ1n) is 7.27. The lowest BCUT2D eigenvalue weighted by Crippen LogP contribution is -2.40. The number of aryl methyl sites for hydroxylation is 1. The molecule has 0 spiro atoms. The summed E-state index contributed by atoms with van der Waals surface area (Å²) >= 11 is 0. The average molecular weight is 328 g/mol. The first kappa shape index (κ1) is 15.7. The number of nitrogens with one attached hydrogen (secondary N) is 1. The lowest BCUT2D eigenvalue weighted by atomic mass is 9.95. The highest BCUT2D eigenvalue weighted by Crippen LogP contribution is 2.29. The predicted molar refractivity (Wildman–Crippen MR) is 83.0 cm³/mol. The van der Waals surface area contributed by atoms with Gasteiger partial charge in [0, 0.05) is 18.8 Å². The van der Waals surface area contributed by atoms with E-state index in [0.29, 0.717) is 11.1 Å². The molecule has 8 heteroatoms. The van der Waals surface area contributed by atoms with E-state index in [1.54, 1.807) is 43.2 Å². The summed E-state index contributed by atoms with van der Waals surface area (Å²) in [4.78, 5) is 37.0. The smallest absolute Gasteiger partial charge is 0.335 e. The molecule has 1 unspecified atom stereocenters. The Morgan fingerprint density at radius 1 is 1.29 bits per heavy atom. The molecule has 0 radical (unpaired) electrons. The van der Waals surface area contributed by atoms with Crippen molar-refractivity contribution in [1.82, 2.24) is 20.0 Å². The molecule has 3 rings (SSSR count). The van der Waals surface area contributed by atoms with E-state index in [-0.39, 0.29) is 18.0 Å². The number of urea groups is 1. The van der Waals surface area contributed by atoms with Crippen LogP contribution in [0.3, 0.4) is 0 Å². The van der Waals surface area contributed by atoms with E-state index in [1.165, 1.54) is 12.1 Å². The molecule has 8 nitrogen and oxygen atoms in total. The van der Waals surface area contributed by atoms with Crippen LogP contribution < -0.4 is 5.32 Å². The summed E-state index contributed by atoms with van der Waals surface area (Å²) in [5.74, 6) is -1.40. The van der Waals surface area contributed by atoms with Crippen molar-refractivity contribution in [1.29, 1.82) is 0 Å². The molecule has 124 valence electrons. The summed E-state index contributed by atoms with van der Waals surface area (Å²) < 4.78 is 1.56. The number of carbonyl (C=O) groups is 3. The van der Waals surface area contributed by atoms with Crippen LogP contribution in [0.5, 0.6) is 0 Å². The number of carboxylic acid groups (broad SMARTS) is 1. The molecule has 1 aromatic heterocycles. The molecule has 24 heavy (non-hydrogen) atoms. The summed E-state index contributed by atoms with van der Waals surface area (Å²) in [5.41, 5.74) is 0.258. The van der Waals surface area contributed by atoms with Gasteiger partial charge in [-0.25, -0.2) is 9.59 Å². The number of carbonyl (C=O) groups excluding carboxylic acids is 2. The highest BCUT2D eigenvalue weighted by Gasteiger charge is 2.49. The minimum atomic E-state index is -1.16. The van der Waals surface area contributed by atoms with Crippen molar-refractivity contribution >= 4 is 17.9 Å². The van der Waals surface area contributed by atoms with Gasteiger partial charge in [0.25, 0.3) is 5.91 Å². The van der Waals surface area contributed by atoms with Gasteiger partial charge in [0.2, 0.25) is 0 Å². The van der Waals surface area contributed by atoms with Gasteiger partial charge >= 0.3 is 12.0 Å². The zero-order valence-corrected chi connectivity index (χ0v) is 13.2. The molecule has 1 aliphatic rings. The van der Waals surface area contributed by atoms with Gasteiger partial charge < -0.3 is 10.4 Å². The third-order valence-corrected chi connectivity index (χ3v) is 4.10. The van der Waals surface area contributed by atoms with E-state index in [2.05, 4.69) is 10.4 Å². The topological polar surface area (TPSA) is 105 Å². The number of amides is 3. The third kappa shape index (κ3) is 2.51. The van der Waals surface area contributed by atoms with E-state index < -0.39 is 17.5 Å². The molecular formula is C16H16N4O4. The summed E-state index contributed by atoms with van der Waals surface area (Å²) in [7, 11) is 1.73. The standard InChI is InChI=1S/C16H16N4O4/c1-16(12-7-17-19(2)9-12)14(23)20(15(24)18-16)8-10-3-5-11(6-4-10)13(21)22/h3-7,9H,8H2,1-2H3,(H,18,24)(H,21,22). The highest BCUT2D eigenvalue weighted by atomic mass is 16.4. The number of hydrogen-bond acceptors (Lipinski definition) is 4. The van der Waals surface area contributed by atoms with Gasteiger partial charge in [0.05, 0.1) is 18.3 Å². The van der Waals surface area contributed by atoms with Crippen LogP contribution in [0.15, 0.2) is 36.7 Å². The molecule has 2 heterocycles. The summed E-state index contributed by atoms with van der Waals surface area (Å²) in [6.45, 7) is 1.71. The lowest BCUT2D eigenvalue weighted by Gasteiger charge is -2.20. The number of rotatable bonds is 4. The van der Waals surface area contributed by atoms with Crippen LogP contribution in [0, 0.1) is 0 Å². The van der Waals surface area contributed by atoms with Gasteiger partial charge in [-0.15, -0.1) is 0 Å². The zero-order chi connectivity index (χ0) is 17.5. The van der Waals surface area contributed by atoms with Gasteiger partial charge in [-0.1, -0.05) is 12.1 Å². The molecule has 1 atom stereocenters. The van der Waals surface area contributed by atoms with Crippen LogP contribution in [0.1, 0.15) is 28.4 Å². The molecule has 1 aliphatic heterocycles. The third-order valence-electron chi connectivity index (χ3n) is 4.10. The van der Waals surface area contributed by atoms with Crippen LogP contribution in [-0.4, -0.2) is 37.7 Å². The molecule has 1 fully saturated rings. The maximum absolute atomic E-state index is 12.7. The van der Waals surface area contributed by atoms with Crippen molar-refractivity contribution < 1.29 is 19.5 Å². The second-order valence-corrected chi connectivity index (χ2v) is 5.85. The molecule has 0 saturated carbocycles. The Morgan fingerprint density at radius 3 is 2.50 bits per heavy atom. The quantitative estimate of drug-likeness (QED) is 0.817. The molecular weight excluding hydrogens is 312 g/mol. The molecule has 1 aromatic carbocycles. The maximum Gasteiger partial charge on any atom is 0.335 e. The van der Waals surface area contributed by atoms with Crippen LogP contribution in [-0.2, 0) is 23.9 Å². The van der Waals surface area contributed by atoms with Crippen molar-refractivity contribution in [2.24, 2.45) is 7.05 Å². The van der Waals surface area contributed by atoms with Crippen molar-refractivity contribution in [2.75, 3.05) is 0 Å². The molecule has 0 bridgehead atoms. The van der Waals surface area contributed by atoms with E-state index in [9.17, 15) is 14.4 Å². The number of aromatic nitrogens is 2. The van der Waals surface area contributed by atoms with E-state index in [0.717, 1.165) is 4.90 Å². The SMILES string of the molecule is Cn1cc(C2(C)NC(=O)N(Cc3ccc(C(=O)O)cc3)C2=O)cn1. The van der Waals surface area contributed by atoms with Crippen molar-refractivity contribution in [3.63, 3.8) is 0 Å². The van der Waals surface area contributed by atoms with Gasteiger partial charge in [-0.3, -0.25) is 14.4 Å². The minimum absolute atomic E-state index is 0.0699. The average Bonchev–Trinajstić information content (AvgIpc) is 3.06. The minimum Gasteiger partial charge on any atom is -0.478 e. The van der Waals surface area contributed by atoms with Crippen LogP contribution in [0.2, 0.25) is 0 Å². The van der Waals surface area contributed by atoms with E-state index in [4.69, 9.17) is 5.11 Å². The van der Waals surface area contributed by atoms with Crippen LogP contribution in [0.25, 0.3) is 0 Å². The summed E-state index contributed by atoms with van der Waals surface area (Å²) in [6.07, 6.45) is 3.23. The van der Waals surface area contributed by atoms with Crippen LogP contribution >= 0.6 is 0 Å². The Hall–Kier alpha value is -3.16. The zero-order valence-electron chi connectivity index (χ0n) is 13.2. The Labute approximate surface area is 137 Å². The summed E-state index contributed by atoms with van der Waals surface area (Å²) in [5, 5.41) is 15.6. The molecule has 2 aromatic rings. The number of aromatic carboxylic acids is 1. The molecule has 2 N–H and O–H groups in total. The number of benzene rings is 1. The fourth-order valence-electron chi connectivity index (χ4n) is 2.65.